The molecule has 4 rings (SSSR count). The predicted molar refractivity (Wildman–Crippen MR) is 87.2 cm³/mol. The first kappa shape index (κ1) is 14.2. The maximum absolute atomic E-state index is 14.2. The summed E-state index contributed by atoms with van der Waals surface area (Å²) >= 11 is 5.98. The van der Waals surface area contributed by atoms with Crippen molar-refractivity contribution in [3.63, 3.8) is 0 Å². The molecular formula is C17H13ClFN3O. The van der Waals surface area contributed by atoms with E-state index in [1.54, 1.807) is 18.3 Å². The number of amides is 1. The van der Waals surface area contributed by atoms with Crippen molar-refractivity contribution in [2.75, 3.05) is 6.54 Å². The van der Waals surface area contributed by atoms with Crippen molar-refractivity contribution in [1.82, 2.24) is 14.9 Å². The number of pyridine rings is 1. The molecule has 1 amide bonds. The van der Waals surface area contributed by atoms with Gasteiger partial charge in [-0.15, -0.1) is 0 Å². The monoisotopic (exact) mass is 329 g/mol. The highest BCUT2D eigenvalue weighted by Gasteiger charge is 2.25. The second-order valence-corrected chi connectivity index (χ2v) is 5.99. The van der Waals surface area contributed by atoms with Crippen molar-refractivity contribution >= 4 is 28.4 Å². The van der Waals surface area contributed by atoms with Crippen molar-refractivity contribution < 1.29 is 9.18 Å². The number of fused-ring (bicyclic) bond motifs is 3. The average Bonchev–Trinajstić information content (AvgIpc) is 2.81. The fourth-order valence-corrected chi connectivity index (χ4v) is 3.46. The lowest BCUT2D eigenvalue weighted by atomic mass is 10.0. The Bertz CT molecular complexity index is 964. The molecule has 0 spiro atoms. The molecule has 0 saturated carbocycles. The van der Waals surface area contributed by atoms with Gasteiger partial charge in [0.1, 0.15) is 16.7 Å². The maximum Gasteiger partial charge on any atom is 0.268 e. The van der Waals surface area contributed by atoms with Gasteiger partial charge in [0.25, 0.3) is 5.91 Å². The van der Waals surface area contributed by atoms with Gasteiger partial charge < -0.3 is 9.88 Å². The molecule has 0 radical (unpaired) electrons. The summed E-state index contributed by atoms with van der Waals surface area (Å²) in [5.74, 6) is -0.462. The van der Waals surface area contributed by atoms with Gasteiger partial charge >= 0.3 is 0 Å². The van der Waals surface area contributed by atoms with E-state index in [4.69, 9.17) is 11.6 Å². The molecule has 1 N–H and O–H groups in total. The highest BCUT2D eigenvalue weighted by Crippen LogP contribution is 2.36. The maximum atomic E-state index is 14.2. The lowest BCUT2D eigenvalue weighted by Crippen LogP contribution is -2.35. The molecule has 0 saturated heterocycles. The number of nitrogens with zero attached hydrogens (tertiary/aromatic N) is 2. The van der Waals surface area contributed by atoms with E-state index in [1.807, 2.05) is 11.5 Å². The molecule has 1 aromatic carbocycles. The molecule has 4 nitrogen and oxygen atoms in total. The predicted octanol–water partition coefficient (Wildman–Crippen LogP) is 3.55. The molecular weight excluding hydrogens is 317 g/mol. The first-order chi connectivity index (χ1) is 11.1. The summed E-state index contributed by atoms with van der Waals surface area (Å²) in [7, 11) is 0. The van der Waals surface area contributed by atoms with Crippen LogP contribution in [0.1, 0.15) is 16.1 Å². The van der Waals surface area contributed by atoms with Gasteiger partial charge in [0, 0.05) is 30.2 Å². The fraction of sp³-hybridized carbons (Fsp3) is 0.176. The van der Waals surface area contributed by atoms with E-state index >= 15 is 0 Å². The summed E-state index contributed by atoms with van der Waals surface area (Å²) in [6.07, 6.45) is 1.59. The largest absolute Gasteiger partial charge is 0.349 e. The number of aryl methyl sites for hydroxylation is 1. The number of hydrogen-bond donors (Lipinski definition) is 1. The molecule has 0 fully saturated rings. The minimum absolute atomic E-state index is 0.121. The van der Waals surface area contributed by atoms with E-state index in [0.717, 1.165) is 22.0 Å². The number of rotatable bonds is 1. The van der Waals surface area contributed by atoms with Crippen LogP contribution in [0.15, 0.2) is 30.5 Å². The molecule has 0 atom stereocenters. The first-order valence-electron chi connectivity index (χ1n) is 7.28. The molecule has 23 heavy (non-hydrogen) atoms. The summed E-state index contributed by atoms with van der Waals surface area (Å²) in [4.78, 5) is 16.2. The second kappa shape index (κ2) is 5.06. The van der Waals surface area contributed by atoms with Crippen LogP contribution in [0.2, 0.25) is 5.15 Å². The Kier molecular flexibility index (Phi) is 3.13. The summed E-state index contributed by atoms with van der Waals surface area (Å²) in [6.45, 7) is 3.06. The molecule has 0 aliphatic carbocycles. The van der Waals surface area contributed by atoms with Crippen LogP contribution >= 0.6 is 11.6 Å². The first-order valence-corrected chi connectivity index (χ1v) is 7.66. The van der Waals surface area contributed by atoms with E-state index in [0.29, 0.717) is 29.5 Å². The zero-order valence-corrected chi connectivity index (χ0v) is 13.1. The highest BCUT2D eigenvalue weighted by molar-refractivity contribution is 6.29. The third kappa shape index (κ3) is 2.11. The Morgan fingerprint density at radius 3 is 2.96 bits per heavy atom. The van der Waals surface area contributed by atoms with E-state index in [9.17, 15) is 9.18 Å². The molecule has 0 unspecified atom stereocenters. The molecule has 6 heteroatoms. The Labute approximate surface area is 136 Å². The number of nitrogens with one attached hydrogen (secondary N) is 1. The van der Waals surface area contributed by atoms with Gasteiger partial charge in [0.15, 0.2) is 0 Å². The fourth-order valence-electron chi connectivity index (χ4n) is 3.29. The van der Waals surface area contributed by atoms with Gasteiger partial charge in [0.2, 0.25) is 0 Å². The van der Waals surface area contributed by atoms with E-state index in [2.05, 4.69) is 10.3 Å². The van der Waals surface area contributed by atoms with Gasteiger partial charge in [-0.05, 0) is 42.3 Å². The van der Waals surface area contributed by atoms with Crippen LogP contribution in [0.25, 0.3) is 22.0 Å². The minimum atomic E-state index is -0.341. The van der Waals surface area contributed by atoms with Crippen LogP contribution in [0.4, 0.5) is 4.39 Å². The lowest BCUT2D eigenvalue weighted by Gasteiger charge is -2.18. The van der Waals surface area contributed by atoms with Gasteiger partial charge in [-0.3, -0.25) is 4.79 Å². The van der Waals surface area contributed by atoms with Gasteiger partial charge in [-0.1, -0.05) is 11.6 Å². The average molecular weight is 330 g/mol. The second-order valence-electron chi connectivity index (χ2n) is 5.60. The summed E-state index contributed by atoms with van der Waals surface area (Å²) < 4.78 is 16.1. The standard InChI is InChI=1S/C17H13ClFN3O/c1-9-12-7-11(19)8-13(10-2-3-20-14(18)6-10)16(12)22-5-4-21-17(23)15(9)22/h2-3,6-8H,4-5H2,1H3,(H,21,23). The van der Waals surface area contributed by atoms with Crippen LogP contribution in [0, 0.1) is 12.7 Å². The molecule has 2 aromatic heterocycles. The van der Waals surface area contributed by atoms with Gasteiger partial charge in [-0.25, -0.2) is 9.37 Å². The topological polar surface area (TPSA) is 46.9 Å². The van der Waals surface area contributed by atoms with Crippen molar-refractivity contribution in [2.24, 2.45) is 0 Å². The number of carbonyl (C=O) groups excluding carboxylic acids is 1. The Morgan fingerprint density at radius 2 is 2.17 bits per heavy atom. The molecule has 3 aromatic rings. The van der Waals surface area contributed by atoms with E-state index < -0.39 is 0 Å². The van der Waals surface area contributed by atoms with Crippen molar-refractivity contribution in [2.45, 2.75) is 13.5 Å². The quantitative estimate of drug-likeness (QED) is 0.694. The number of benzene rings is 1. The van der Waals surface area contributed by atoms with E-state index in [-0.39, 0.29) is 11.7 Å². The highest BCUT2D eigenvalue weighted by atomic mass is 35.5. The number of carbonyl (C=O) groups is 1. The lowest BCUT2D eigenvalue weighted by molar-refractivity contribution is 0.0928. The number of halogens is 2. The van der Waals surface area contributed by atoms with Crippen LogP contribution in [-0.4, -0.2) is 22.0 Å². The number of aromatic nitrogens is 2. The summed E-state index contributed by atoms with van der Waals surface area (Å²) in [5, 5.41) is 3.94. The van der Waals surface area contributed by atoms with Crippen LogP contribution in [0.3, 0.4) is 0 Å². The van der Waals surface area contributed by atoms with Crippen LogP contribution in [-0.2, 0) is 6.54 Å². The summed E-state index contributed by atoms with van der Waals surface area (Å²) in [6, 6.07) is 6.45. The van der Waals surface area contributed by atoms with Crippen LogP contribution in [0.5, 0.6) is 0 Å². The third-order valence-electron chi connectivity index (χ3n) is 4.25. The summed E-state index contributed by atoms with van der Waals surface area (Å²) in [5.41, 5.74) is 3.74. The molecule has 0 bridgehead atoms. The Hall–Kier alpha value is -2.40. The molecule has 1 aliphatic heterocycles. The Balaban J connectivity index is 2.13. The van der Waals surface area contributed by atoms with Crippen molar-refractivity contribution in [3.05, 3.63) is 52.7 Å². The zero-order chi connectivity index (χ0) is 16.1. The van der Waals surface area contributed by atoms with Crippen molar-refractivity contribution in [1.29, 1.82) is 0 Å². The normalized spacial score (nSPS) is 14.0. The zero-order valence-electron chi connectivity index (χ0n) is 12.4. The van der Waals surface area contributed by atoms with Gasteiger partial charge in [-0.2, -0.15) is 0 Å². The Morgan fingerprint density at radius 1 is 1.35 bits per heavy atom. The third-order valence-corrected chi connectivity index (χ3v) is 4.45. The number of hydrogen-bond acceptors (Lipinski definition) is 2. The van der Waals surface area contributed by atoms with E-state index in [1.165, 1.54) is 12.1 Å². The minimum Gasteiger partial charge on any atom is -0.349 e. The van der Waals surface area contributed by atoms with Gasteiger partial charge in [0.05, 0.1) is 5.52 Å². The van der Waals surface area contributed by atoms with Crippen molar-refractivity contribution in [3.8, 4) is 11.1 Å². The SMILES string of the molecule is Cc1c2n(c3c(-c4ccnc(Cl)c4)cc(F)cc13)CCNC2=O. The van der Waals surface area contributed by atoms with Crippen LogP contribution < -0.4 is 5.32 Å². The molecule has 116 valence electrons. The smallest absolute Gasteiger partial charge is 0.268 e. The molecule has 1 aliphatic rings. The molecule has 3 heterocycles.